The van der Waals surface area contributed by atoms with E-state index in [4.69, 9.17) is 5.53 Å². The Morgan fingerprint density at radius 2 is 1.73 bits per heavy atom. The molecule has 0 saturated heterocycles. The zero-order valence-electron chi connectivity index (χ0n) is 6.07. The SMILES string of the molecule is C.CC(C)(C)S(=O)(=O)N=[N+]=[N-]. The summed E-state index contributed by atoms with van der Waals surface area (Å²) in [5.74, 6) is 0. The average molecular weight is 179 g/mol. The molecule has 0 aliphatic heterocycles. The van der Waals surface area contributed by atoms with Gasteiger partial charge in [0.05, 0.1) is 4.75 Å². The van der Waals surface area contributed by atoms with Crippen LogP contribution in [0.2, 0.25) is 0 Å². The maximum Gasteiger partial charge on any atom is 0.240 e. The Morgan fingerprint density at radius 1 is 1.36 bits per heavy atom. The van der Waals surface area contributed by atoms with Gasteiger partial charge in [-0.15, -0.1) is 0 Å². The molecule has 0 rings (SSSR count). The molecular weight excluding hydrogens is 166 g/mol. The normalized spacial score (nSPS) is 11.2. The van der Waals surface area contributed by atoms with Crippen LogP contribution in [-0.4, -0.2) is 13.2 Å². The first kappa shape index (κ1) is 12.9. The Morgan fingerprint density at radius 3 is 1.82 bits per heavy atom. The van der Waals surface area contributed by atoms with E-state index in [0.29, 0.717) is 0 Å². The lowest BCUT2D eigenvalue weighted by Crippen LogP contribution is -2.25. The maximum absolute atomic E-state index is 10.8. The van der Waals surface area contributed by atoms with Gasteiger partial charge in [0.15, 0.2) is 0 Å². The third-order valence-electron chi connectivity index (χ3n) is 0.918. The Balaban J connectivity index is 0. The highest BCUT2D eigenvalue weighted by Gasteiger charge is 2.27. The van der Waals surface area contributed by atoms with Gasteiger partial charge in [-0.3, -0.25) is 0 Å². The summed E-state index contributed by atoms with van der Waals surface area (Å²) in [5.41, 5.74) is 7.84. The summed E-state index contributed by atoms with van der Waals surface area (Å²) < 4.78 is 23.3. The molecule has 11 heavy (non-hydrogen) atoms. The summed E-state index contributed by atoms with van der Waals surface area (Å²) in [6.45, 7) is 4.41. The van der Waals surface area contributed by atoms with Crippen molar-refractivity contribution >= 4 is 10.0 Å². The summed E-state index contributed by atoms with van der Waals surface area (Å²) in [6, 6.07) is 0. The third-order valence-corrected chi connectivity index (χ3v) is 2.75. The number of rotatable bonds is 1. The fourth-order valence-corrected chi connectivity index (χ4v) is 0.512. The van der Waals surface area contributed by atoms with Crippen LogP contribution < -0.4 is 0 Å². The standard InChI is InChI=1S/C4H9N3O2S.CH4/c1-4(2,3)10(8,9)7-6-5;/h1-3H3;1H4. The van der Waals surface area contributed by atoms with Gasteiger partial charge in [-0.1, -0.05) is 7.43 Å². The summed E-state index contributed by atoms with van der Waals surface area (Å²) in [6.07, 6.45) is 0. The van der Waals surface area contributed by atoms with Crippen LogP contribution in [0, 0.1) is 0 Å². The Kier molecular flexibility index (Phi) is 4.21. The molecule has 0 radical (unpaired) electrons. The van der Waals surface area contributed by atoms with Crippen LogP contribution in [0.4, 0.5) is 0 Å². The van der Waals surface area contributed by atoms with Crippen LogP contribution in [-0.2, 0) is 10.0 Å². The van der Waals surface area contributed by atoms with E-state index in [9.17, 15) is 8.42 Å². The molecule has 0 saturated carbocycles. The van der Waals surface area contributed by atoms with Crippen molar-refractivity contribution in [3.05, 3.63) is 10.4 Å². The Hall–Kier alpha value is -0.740. The van der Waals surface area contributed by atoms with Crippen LogP contribution in [0.25, 0.3) is 10.4 Å². The predicted molar refractivity (Wildman–Crippen MR) is 44.5 cm³/mol. The highest BCUT2D eigenvalue weighted by molar-refractivity contribution is 7.91. The number of hydrogen-bond acceptors (Lipinski definition) is 2. The van der Waals surface area contributed by atoms with E-state index in [2.05, 4.69) is 9.43 Å². The summed E-state index contributed by atoms with van der Waals surface area (Å²) in [4.78, 5) is 2.21. The molecule has 0 N–H and O–H groups in total. The molecule has 0 aromatic rings. The largest absolute Gasteiger partial charge is 0.240 e. The van der Waals surface area contributed by atoms with Gasteiger partial charge < -0.3 is 0 Å². The molecule has 0 heterocycles. The van der Waals surface area contributed by atoms with Gasteiger partial charge in [-0.25, -0.2) is 8.42 Å². The molecule has 0 fully saturated rings. The van der Waals surface area contributed by atoms with Gasteiger partial charge >= 0.3 is 0 Å². The number of hydrogen-bond donors (Lipinski definition) is 0. The quantitative estimate of drug-likeness (QED) is 0.350. The van der Waals surface area contributed by atoms with E-state index in [0.717, 1.165) is 0 Å². The van der Waals surface area contributed by atoms with Crippen molar-refractivity contribution in [2.24, 2.45) is 4.52 Å². The van der Waals surface area contributed by atoms with E-state index in [1.807, 2.05) is 0 Å². The van der Waals surface area contributed by atoms with Crippen LogP contribution in [0.5, 0.6) is 0 Å². The summed E-state index contributed by atoms with van der Waals surface area (Å²) in [7, 11) is -3.64. The molecule has 0 aliphatic carbocycles. The van der Waals surface area contributed by atoms with Crippen molar-refractivity contribution < 1.29 is 8.42 Å². The van der Waals surface area contributed by atoms with Crippen molar-refractivity contribution in [3.63, 3.8) is 0 Å². The van der Waals surface area contributed by atoms with Crippen molar-refractivity contribution in [2.75, 3.05) is 0 Å². The topological polar surface area (TPSA) is 82.9 Å². The number of azide groups is 1. The molecule has 6 heteroatoms. The predicted octanol–water partition coefficient (Wildman–Crippen LogP) is 2.06. The summed E-state index contributed by atoms with van der Waals surface area (Å²) in [5, 5.41) is 0. The third kappa shape index (κ3) is 3.25. The van der Waals surface area contributed by atoms with E-state index in [1.165, 1.54) is 20.8 Å². The van der Waals surface area contributed by atoms with Crippen molar-refractivity contribution in [1.82, 2.24) is 0 Å². The Labute approximate surface area is 67.1 Å². The Bertz CT molecular complexity index is 256. The highest BCUT2D eigenvalue weighted by Crippen LogP contribution is 2.16. The second-order valence-electron chi connectivity index (χ2n) is 2.76. The molecule has 0 spiro atoms. The average Bonchev–Trinajstić information content (AvgIpc) is 1.61. The van der Waals surface area contributed by atoms with Gasteiger partial charge in [-0.2, -0.15) is 0 Å². The monoisotopic (exact) mass is 179 g/mol. The first-order valence-electron chi connectivity index (χ1n) is 2.62. The van der Waals surface area contributed by atoms with E-state index >= 15 is 0 Å². The molecule has 0 aromatic heterocycles. The number of nitrogens with zero attached hydrogens (tertiary/aromatic N) is 3. The first-order valence-corrected chi connectivity index (χ1v) is 4.06. The minimum Gasteiger partial charge on any atom is -0.220 e. The molecule has 0 bridgehead atoms. The van der Waals surface area contributed by atoms with Crippen molar-refractivity contribution in [3.8, 4) is 0 Å². The zero-order valence-corrected chi connectivity index (χ0v) is 6.88. The molecule has 5 nitrogen and oxygen atoms in total. The lowest BCUT2D eigenvalue weighted by molar-refractivity contribution is 0.561. The molecule has 0 amide bonds. The number of sulfonamides is 1. The minimum atomic E-state index is -3.64. The van der Waals surface area contributed by atoms with Crippen molar-refractivity contribution in [2.45, 2.75) is 32.9 Å². The van der Waals surface area contributed by atoms with Crippen LogP contribution in [0.15, 0.2) is 4.52 Å². The van der Waals surface area contributed by atoms with Gasteiger partial charge in [0.25, 0.3) is 0 Å². The van der Waals surface area contributed by atoms with Crippen molar-refractivity contribution in [1.29, 1.82) is 0 Å². The van der Waals surface area contributed by atoms with E-state index < -0.39 is 14.8 Å². The molecule has 0 aliphatic rings. The van der Waals surface area contributed by atoms with Gasteiger partial charge in [0, 0.05) is 9.43 Å². The molecule has 0 atom stereocenters. The smallest absolute Gasteiger partial charge is 0.220 e. The molecular formula is C5H13N3O2S. The van der Waals surface area contributed by atoms with Gasteiger partial charge in [0.2, 0.25) is 10.0 Å². The lowest BCUT2D eigenvalue weighted by Gasteiger charge is -2.13. The molecule has 66 valence electrons. The molecule has 0 unspecified atom stereocenters. The lowest BCUT2D eigenvalue weighted by atomic mass is 10.3. The molecule has 0 aromatic carbocycles. The second kappa shape index (κ2) is 3.59. The highest BCUT2D eigenvalue weighted by atomic mass is 32.2. The first-order chi connectivity index (χ1) is 4.31. The fourth-order valence-electron chi connectivity index (χ4n) is 0.171. The summed E-state index contributed by atoms with van der Waals surface area (Å²) >= 11 is 0. The maximum atomic E-state index is 10.8. The second-order valence-corrected chi connectivity index (χ2v) is 5.10. The fraction of sp³-hybridized carbons (Fsp3) is 1.00. The van der Waals surface area contributed by atoms with E-state index in [1.54, 1.807) is 0 Å². The van der Waals surface area contributed by atoms with Gasteiger partial charge in [-0.05, 0) is 26.3 Å². The van der Waals surface area contributed by atoms with Crippen LogP contribution in [0.3, 0.4) is 0 Å². The van der Waals surface area contributed by atoms with Crippen LogP contribution in [0.1, 0.15) is 28.2 Å². The minimum absolute atomic E-state index is 0. The van der Waals surface area contributed by atoms with Gasteiger partial charge in [0.1, 0.15) is 0 Å². The van der Waals surface area contributed by atoms with Crippen LogP contribution >= 0.6 is 0 Å². The van der Waals surface area contributed by atoms with E-state index in [-0.39, 0.29) is 7.43 Å². The zero-order chi connectivity index (χ0) is 8.41.